The molecule has 2 saturated carbocycles. The molecule has 0 spiro atoms. The van der Waals surface area contributed by atoms with E-state index in [1.165, 1.54) is 6.42 Å². The van der Waals surface area contributed by atoms with Gasteiger partial charge in [-0.15, -0.1) is 0 Å². The average molecular weight is 512 g/mol. The Kier molecular flexibility index (Phi) is 13.3. The summed E-state index contributed by atoms with van der Waals surface area (Å²) in [5.41, 5.74) is 12.5. The van der Waals surface area contributed by atoms with E-state index in [9.17, 15) is 9.59 Å². The summed E-state index contributed by atoms with van der Waals surface area (Å²) >= 11 is 14.4. The SMILES string of the molecule is CC1(C)CC(N)CC(C)(CN)C1.CC1(C)CC(N=C=O)CC(C)(CN=C=O)C1.ClC(Cl)Cl. The van der Waals surface area contributed by atoms with Gasteiger partial charge >= 0.3 is 0 Å². The van der Waals surface area contributed by atoms with Crippen LogP contribution in [0.5, 0.6) is 0 Å². The fourth-order valence-corrected chi connectivity index (χ4v) is 5.96. The molecule has 186 valence electrons. The Bertz CT molecular complexity index is 673. The van der Waals surface area contributed by atoms with E-state index in [-0.39, 0.29) is 22.3 Å². The number of hydrogen-bond acceptors (Lipinski definition) is 6. The molecule has 0 radical (unpaired) electrons. The first kappa shape index (κ1) is 31.6. The number of hydrogen-bond donors (Lipinski definition) is 2. The lowest BCUT2D eigenvalue weighted by atomic mass is 9.63. The minimum atomic E-state index is -0.750. The molecule has 6 nitrogen and oxygen atoms in total. The van der Waals surface area contributed by atoms with Crippen molar-refractivity contribution in [2.24, 2.45) is 43.1 Å². The lowest BCUT2D eigenvalue weighted by Crippen LogP contribution is -2.45. The van der Waals surface area contributed by atoms with Gasteiger partial charge in [0, 0.05) is 6.04 Å². The van der Waals surface area contributed by atoms with E-state index in [4.69, 9.17) is 46.3 Å². The zero-order chi connectivity index (χ0) is 25.2. The van der Waals surface area contributed by atoms with Gasteiger partial charge in [0.15, 0.2) is 4.30 Å². The van der Waals surface area contributed by atoms with E-state index in [0.717, 1.165) is 38.6 Å². The Hall–Kier alpha value is -0.450. The van der Waals surface area contributed by atoms with E-state index in [0.29, 0.717) is 18.0 Å². The number of halogens is 3. The van der Waals surface area contributed by atoms with Gasteiger partial charge in [-0.3, -0.25) is 0 Å². The maximum absolute atomic E-state index is 10.3. The van der Waals surface area contributed by atoms with Crippen LogP contribution in [0.2, 0.25) is 0 Å². The summed E-state index contributed by atoms with van der Waals surface area (Å²) in [6.45, 7) is 14.5. The van der Waals surface area contributed by atoms with Crippen LogP contribution in [-0.2, 0) is 9.59 Å². The number of isocyanates is 2. The predicted octanol–water partition coefficient (Wildman–Crippen LogP) is 5.72. The topological polar surface area (TPSA) is 111 Å². The minimum absolute atomic E-state index is 0.00750. The number of nitrogens with zero attached hydrogens (tertiary/aromatic N) is 2. The van der Waals surface area contributed by atoms with Gasteiger partial charge in [0.1, 0.15) is 0 Å². The molecule has 0 bridgehead atoms. The van der Waals surface area contributed by atoms with E-state index in [2.05, 4.69) is 51.5 Å². The fraction of sp³-hybridized carbons (Fsp3) is 0.913. The third-order valence-electron chi connectivity index (χ3n) is 6.15. The highest BCUT2D eigenvalue weighted by molar-refractivity contribution is 6.63. The third-order valence-corrected chi connectivity index (χ3v) is 6.15. The zero-order valence-electron chi connectivity index (χ0n) is 20.4. The number of alkyl halides is 3. The molecule has 0 aliphatic heterocycles. The number of carbonyl (C=O) groups excluding carboxylic acids is 2. The monoisotopic (exact) mass is 510 g/mol. The van der Waals surface area contributed by atoms with Crippen molar-refractivity contribution in [2.75, 3.05) is 13.1 Å². The van der Waals surface area contributed by atoms with Crippen molar-refractivity contribution in [2.45, 2.75) is 96.4 Å². The molecule has 0 aromatic rings. The summed E-state index contributed by atoms with van der Waals surface area (Å²) in [5, 5.41) is 0. The first-order chi connectivity index (χ1) is 14.5. The number of nitrogens with two attached hydrogens (primary N) is 2. The number of aliphatic imine (C=N–C) groups is 2. The van der Waals surface area contributed by atoms with E-state index < -0.39 is 4.30 Å². The molecule has 0 aromatic carbocycles. The molecule has 0 aromatic heterocycles. The molecule has 2 aliphatic rings. The van der Waals surface area contributed by atoms with Crippen molar-refractivity contribution in [3.05, 3.63) is 0 Å². The first-order valence-electron chi connectivity index (χ1n) is 11.0. The second-order valence-corrected chi connectivity index (χ2v) is 13.6. The van der Waals surface area contributed by atoms with Crippen molar-refractivity contribution in [1.29, 1.82) is 0 Å². The lowest BCUT2D eigenvalue weighted by molar-refractivity contribution is 0.0903. The maximum Gasteiger partial charge on any atom is 0.235 e. The molecule has 0 heterocycles. The molecular formula is C23H41Cl3N4O2. The summed E-state index contributed by atoms with van der Waals surface area (Å²) in [4.78, 5) is 28.0. The summed E-state index contributed by atoms with van der Waals surface area (Å²) < 4.78 is -0.750. The molecule has 4 N–H and O–H groups in total. The second-order valence-electron chi connectivity index (χ2n) is 11.6. The van der Waals surface area contributed by atoms with E-state index >= 15 is 0 Å². The number of rotatable bonds is 4. The Morgan fingerprint density at radius 1 is 0.875 bits per heavy atom. The molecule has 4 atom stereocenters. The van der Waals surface area contributed by atoms with Crippen LogP contribution in [0.3, 0.4) is 0 Å². The van der Waals surface area contributed by atoms with Crippen molar-refractivity contribution < 1.29 is 9.59 Å². The Morgan fingerprint density at radius 2 is 1.38 bits per heavy atom. The highest BCUT2D eigenvalue weighted by Gasteiger charge is 2.41. The smallest absolute Gasteiger partial charge is 0.235 e. The van der Waals surface area contributed by atoms with Gasteiger partial charge < -0.3 is 11.5 Å². The maximum atomic E-state index is 10.3. The van der Waals surface area contributed by atoms with Crippen LogP contribution >= 0.6 is 34.8 Å². The molecule has 2 rings (SSSR count). The van der Waals surface area contributed by atoms with E-state index in [1.54, 1.807) is 12.2 Å². The predicted molar refractivity (Wildman–Crippen MR) is 135 cm³/mol. The molecule has 2 aliphatic carbocycles. The normalized spacial score (nSPS) is 32.8. The van der Waals surface area contributed by atoms with Crippen molar-refractivity contribution in [3.8, 4) is 0 Å². The van der Waals surface area contributed by atoms with Gasteiger partial charge in [0.2, 0.25) is 12.2 Å². The first-order valence-corrected chi connectivity index (χ1v) is 12.3. The van der Waals surface area contributed by atoms with Crippen LogP contribution in [0.1, 0.15) is 80.1 Å². The Balaban J connectivity index is 0.000000529. The standard InChI is InChI=1S/C12H18N2O2.C10H22N2.CHCl3/c1-11(2)4-10(14-9-16)5-12(3,6-11)7-13-8-15;1-9(2)4-8(12)5-10(3,6-9)7-11;2-1(3)4/h10H,4-7H2,1-3H3;8H,4-7,11-12H2,1-3H3;1H. The molecule has 0 saturated heterocycles. The highest BCUT2D eigenvalue weighted by Crippen LogP contribution is 2.47. The van der Waals surface area contributed by atoms with Crippen LogP contribution in [0.4, 0.5) is 0 Å². The summed E-state index contributed by atoms with van der Waals surface area (Å²) in [6.07, 6.45) is 9.32. The van der Waals surface area contributed by atoms with Crippen LogP contribution in [0, 0.1) is 21.7 Å². The van der Waals surface area contributed by atoms with Gasteiger partial charge in [0.05, 0.1) is 12.6 Å². The molecule has 9 heteroatoms. The largest absolute Gasteiger partial charge is 0.330 e. The quantitative estimate of drug-likeness (QED) is 0.285. The van der Waals surface area contributed by atoms with Crippen molar-refractivity contribution in [3.63, 3.8) is 0 Å². The summed E-state index contributed by atoms with van der Waals surface area (Å²) in [5.74, 6) is 0. The molecule has 4 unspecified atom stereocenters. The van der Waals surface area contributed by atoms with Crippen LogP contribution in [0.25, 0.3) is 0 Å². The minimum Gasteiger partial charge on any atom is -0.330 e. The van der Waals surface area contributed by atoms with Gasteiger partial charge in [-0.1, -0.05) is 76.3 Å². The lowest BCUT2D eigenvalue weighted by Gasteiger charge is -2.45. The van der Waals surface area contributed by atoms with Crippen LogP contribution in [-0.4, -0.2) is 41.6 Å². The van der Waals surface area contributed by atoms with E-state index in [1.807, 2.05) is 0 Å². The van der Waals surface area contributed by atoms with Crippen molar-refractivity contribution >= 4 is 47.0 Å². The highest BCUT2D eigenvalue weighted by atomic mass is 35.6. The summed E-state index contributed by atoms with van der Waals surface area (Å²) in [7, 11) is 0. The second kappa shape index (κ2) is 13.4. The molecule has 2 fully saturated rings. The molecule has 0 amide bonds. The van der Waals surface area contributed by atoms with Crippen LogP contribution in [0.15, 0.2) is 9.98 Å². The third kappa shape index (κ3) is 13.3. The Morgan fingerprint density at radius 3 is 1.81 bits per heavy atom. The average Bonchev–Trinajstić information content (AvgIpc) is 2.56. The summed E-state index contributed by atoms with van der Waals surface area (Å²) in [6, 6.07) is 0.357. The molecular weight excluding hydrogens is 471 g/mol. The van der Waals surface area contributed by atoms with Gasteiger partial charge in [0.25, 0.3) is 0 Å². The zero-order valence-corrected chi connectivity index (χ0v) is 22.7. The Labute approximate surface area is 208 Å². The van der Waals surface area contributed by atoms with Gasteiger partial charge in [-0.2, -0.15) is 0 Å². The molecule has 32 heavy (non-hydrogen) atoms. The fourth-order valence-electron chi connectivity index (χ4n) is 5.96. The van der Waals surface area contributed by atoms with Gasteiger partial charge in [-0.05, 0) is 66.7 Å². The van der Waals surface area contributed by atoms with Crippen LogP contribution < -0.4 is 11.5 Å². The van der Waals surface area contributed by atoms with Gasteiger partial charge in [-0.25, -0.2) is 19.6 Å². The van der Waals surface area contributed by atoms with Crippen molar-refractivity contribution in [1.82, 2.24) is 0 Å².